The molecule has 2 heteroatoms. The Morgan fingerprint density at radius 2 is 0.833 bits per heavy atom. The van der Waals surface area contributed by atoms with Crippen LogP contribution in [0.5, 0.6) is 0 Å². The van der Waals surface area contributed by atoms with Crippen molar-refractivity contribution in [2.24, 2.45) is 0 Å². The Balaban J connectivity index is 0.000000167. The molecule has 0 amide bonds. The average Bonchev–Trinajstić information content (AvgIpc) is 2.95. The molecule has 0 radical (unpaired) electrons. The van der Waals surface area contributed by atoms with Crippen molar-refractivity contribution in [2.45, 2.75) is 0 Å². The summed E-state index contributed by atoms with van der Waals surface area (Å²) in [5, 5.41) is 8.87. The quantitative estimate of drug-likeness (QED) is 0.0612. The second-order valence-corrected chi connectivity index (χ2v) is 10.4. The molecule has 6 aromatic carbocycles. The van der Waals surface area contributed by atoms with Crippen molar-refractivity contribution >= 4 is 45.4 Å². The van der Waals surface area contributed by atoms with E-state index in [-0.39, 0.29) is 22.4 Å². The van der Waals surface area contributed by atoms with Crippen LogP contribution in [-0.4, -0.2) is 0 Å². The minimum atomic E-state index is -0.446. The Morgan fingerprint density at radius 3 is 1.31 bits per heavy atom. The van der Waals surface area contributed by atoms with E-state index in [1.807, 2.05) is 36.4 Å². The number of benzene rings is 6. The molecule has 0 aromatic heterocycles. The molecule has 0 fully saturated rings. The van der Waals surface area contributed by atoms with Gasteiger partial charge in [0.05, 0.1) is 0 Å². The summed E-state index contributed by atoms with van der Waals surface area (Å²) in [6.45, 7) is 0. The summed E-state index contributed by atoms with van der Waals surface area (Å²) < 4.78 is 0. The third-order valence-electron chi connectivity index (χ3n) is 5.95. The first kappa shape index (κ1) is 25.7. The molecule has 0 unspecified atom stereocenters. The van der Waals surface area contributed by atoms with Gasteiger partial charge in [-0.25, -0.2) is 0 Å². The van der Waals surface area contributed by atoms with Crippen LogP contribution < -0.4 is 15.9 Å². The zero-order chi connectivity index (χ0) is 23.9. The largest absolute Gasteiger partial charge is 1.00 e. The fourth-order valence-corrected chi connectivity index (χ4v) is 6.64. The molecule has 0 aliphatic rings. The van der Waals surface area contributed by atoms with E-state index in [1.54, 1.807) is 0 Å². The van der Waals surface area contributed by atoms with E-state index in [0.29, 0.717) is 0 Å². The van der Waals surface area contributed by atoms with E-state index in [9.17, 15) is 0 Å². The molecule has 0 aliphatic carbocycles. The molecule has 6 rings (SSSR count). The zero-order valence-corrected chi connectivity index (χ0v) is 22.7. The Hall–Kier alpha value is -3.43. The predicted molar refractivity (Wildman–Crippen MR) is 153 cm³/mol. The minimum Gasteiger partial charge on any atom is -0.366 e. The van der Waals surface area contributed by atoms with E-state index in [0.717, 1.165) is 16.3 Å². The standard InChI is InChI=1S/C18H15P.C16H9.Au/c1-4-10-16(11-5-1)19(17-12-6-2-7-13-17)18-14-8-3-9-15-18;1-2-12-11-13-7-3-4-9-15(13)16-10-6-5-8-14(12)16;/h1-15H;3-11H;/q;-1;+1. The van der Waals surface area contributed by atoms with Crippen LogP contribution >= 0.6 is 7.92 Å². The molecule has 0 saturated carbocycles. The van der Waals surface area contributed by atoms with Crippen molar-refractivity contribution < 1.29 is 22.4 Å². The van der Waals surface area contributed by atoms with Gasteiger partial charge in [0.2, 0.25) is 0 Å². The van der Waals surface area contributed by atoms with Crippen molar-refractivity contribution in [1.82, 2.24) is 0 Å². The maximum absolute atomic E-state index is 7.35. The first-order valence-corrected chi connectivity index (χ1v) is 13.0. The summed E-state index contributed by atoms with van der Waals surface area (Å²) in [4.78, 5) is 0. The van der Waals surface area contributed by atoms with Crippen LogP contribution in [0, 0.1) is 12.3 Å². The van der Waals surface area contributed by atoms with Gasteiger partial charge in [0.15, 0.2) is 0 Å². The van der Waals surface area contributed by atoms with Crippen LogP contribution in [0.4, 0.5) is 0 Å². The van der Waals surface area contributed by atoms with Gasteiger partial charge in [-0.05, 0) is 40.0 Å². The molecule has 176 valence electrons. The summed E-state index contributed by atoms with van der Waals surface area (Å²) in [5.41, 5.74) is 0.856. The van der Waals surface area contributed by atoms with Gasteiger partial charge in [-0.2, -0.15) is 0 Å². The molecule has 0 spiro atoms. The van der Waals surface area contributed by atoms with Crippen molar-refractivity contribution in [3.63, 3.8) is 0 Å². The number of hydrogen-bond acceptors (Lipinski definition) is 0. The smallest absolute Gasteiger partial charge is 0.366 e. The first-order valence-electron chi connectivity index (χ1n) is 11.6. The SMILES string of the molecule is [Au+].[C-]#Cc1cc2ccccc2c2ccccc12.c1ccc(P(c2ccccc2)c2ccccc2)cc1. The van der Waals surface area contributed by atoms with Gasteiger partial charge >= 0.3 is 22.4 Å². The monoisotopic (exact) mass is 660 g/mol. The van der Waals surface area contributed by atoms with Crippen LogP contribution in [0.2, 0.25) is 0 Å². The molecule has 0 heterocycles. The van der Waals surface area contributed by atoms with Gasteiger partial charge in [0, 0.05) is 0 Å². The Morgan fingerprint density at radius 1 is 0.444 bits per heavy atom. The summed E-state index contributed by atoms with van der Waals surface area (Å²) in [6, 6.07) is 50.8. The Kier molecular flexibility index (Phi) is 8.91. The van der Waals surface area contributed by atoms with Gasteiger partial charge in [-0.3, -0.25) is 5.92 Å². The van der Waals surface area contributed by atoms with Crippen molar-refractivity contribution in [3.8, 4) is 5.92 Å². The van der Waals surface area contributed by atoms with Crippen LogP contribution in [0.25, 0.3) is 21.5 Å². The topological polar surface area (TPSA) is 0 Å². The van der Waals surface area contributed by atoms with Crippen molar-refractivity contribution in [1.29, 1.82) is 0 Å². The van der Waals surface area contributed by atoms with E-state index in [4.69, 9.17) is 6.42 Å². The third kappa shape index (κ3) is 5.69. The second kappa shape index (κ2) is 12.5. The van der Waals surface area contributed by atoms with Gasteiger partial charge in [-0.1, -0.05) is 145 Å². The molecule has 0 aliphatic heterocycles. The third-order valence-corrected chi connectivity index (χ3v) is 8.39. The van der Waals surface area contributed by atoms with E-state index < -0.39 is 7.92 Å². The van der Waals surface area contributed by atoms with Crippen LogP contribution in [0.3, 0.4) is 0 Å². The fraction of sp³-hybridized carbons (Fsp3) is 0. The van der Waals surface area contributed by atoms with Crippen LogP contribution in [0.1, 0.15) is 5.56 Å². The molecular formula is C34H24AuP. The Labute approximate surface area is 230 Å². The second-order valence-electron chi connectivity index (χ2n) is 8.16. The van der Waals surface area contributed by atoms with E-state index in [1.165, 1.54) is 26.7 Å². The maximum Gasteiger partial charge on any atom is 1.00 e. The molecule has 0 bridgehead atoms. The minimum absolute atomic E-state index is 0. The summed E-state index contributed by atoms with van der Waals surface area (Å²) >= 11 is 0. The van der Waals surface area contributed by atoms with Gasteiger partial charge < -0.3 is 6.42 Å². The van der Waals surface area contributed by atoms with E-state index in [2.05, 4.69) is 115 Å². The molecule has 6 aromatic rings. The number of hydrogen-bond donors (Lipinski definition) is 0. The number of fused-ring (bicyclic) bond motifs is 3. The summed E-state index contributed by atoms with van der Waals surface area (Å²) in [7, 11) is -0.446. The molecular weight excluding hydrogens is 636 g/mol. The van der Waals surface area contributed by atoms with Crippen molar-refractivity contribution in [3.05, 3.63) is 158 Å². The van der Waals surface area contributed by atoms with Crippen molar-refractivity contribution in [2.75, 3.05) is 0 Å². The maximum atomic E-state index is 7.35. The van der Waals surface area contributed by atoms with Crippen LogP contribution in [0.15, 0.2) is 146 Å². The van der Waals surface area contributed by atoms with Crippen LogP contribution in [-0.2, 0) is 22.4 Å². The average molecular weight is 661 g/mol. The van der Waals surface area contributed by atoms with Gasteiger partial charge in [0.1, 0.15) is 0 Å². The predicted octanol–water partition coefficient (Wildman–Crippen LogP) is 7.37. The normalized spacial score (nSPS) is 10.2. The summed E-state index contributed by atoms with van der Waals surface area (Å²) in [6.07, 6.45) is 7.35. The van der Waals surface area contributed by atoms with Gasteiger partial charge in [-0.15, -0.1) is 11.6 Å². The van der Waals surface area contributed by atoms with Gasteiger partial charge in [0.25, 0.3) is 0 Å². The molecule has 0 saturated heterocycles. The Bertz CT molecular complexity index is 1490. The zero-order valence-electron chi connectivity index (χ0n) is 19.6. The molecule has 0 atom stereocenters. The molecule has 0 N–H and O–H groups in total. The molecule has 36 heavy (non-hydrogen) atoms. The van der Waals surface area contributed by atoms with E-state index >= 15 is 0 Å². The molecule has 0 nitrogen and oxygen atoms in total. The summed E-state index contributed by atoms with van der Waals surface area (Å²) in [5.74, 6) is 2.51. The fourth-order valence-electron chi connectivity index (χ4n) is 4.34. The number of rotatable bonds is 3. The first-order chi connectivity index (χ1) is 17.3.